The van der Waals surface area contributed by atoms with Gasteiger partial charge in [0, 0.05) is 31.7 Å². The first kappa shape index (κ1) is 20.2. The van der Waals surface area contributed by atoms with Crippen LogP contribution in [0.15, 0.2) is 35.3 Å². The number of carbonyl (C=O) groups is 1. The van der Waals surface area contributed by atoms with Crippen LogP contribution in [0.25, 0.3) is 0 Å². The monoisotopic (exact) mass is 360 g/mol. The zero-order chi connectivity index (χ0) is 18.8. The van der Waals surface area contributed by atoms with Crippen molar-refractivity contribution in [2.75, 3.05) is 26.7 Å². The van der Waals surface area contributed by atoms with Gasteiger partial charge in [0.25, 0.3) is 0 Å². The molecule has 2 N–H and O–H groups in total. The number of nitrogens with zero attached hydrogens (tertiary/aromatic N) is 2. The smallest absolute Gasteiger partial charge is 0.307 e. The van der Waals surface area contributed by atoms with Gasteiger partial charge in [0.1, 0.15) is 0 Å². The Morgan fingerprint density at radius 1 is 1.35 bits per heavy atom. The van der Waals surface area contributed by atoms with Gasteiger partial charge >= 0.3 is 5.97 Å². The molecule has 6 nitrogen and oxygen atoms in total. The Labute approximate surface area is 157 Å². The Morgan fingerprint density at radius 3 is 2.77 bits per heavy atom. The van der Waals surface area contributed by atoms with E-state index in [2.05, 4.69) is 62.5 Å². The number of aliphatic imine (C=N–C) groups is 1. The van der Waals surface area contributed by atoms with Gasteiger partial charge in [-0.05, 0) is 32.3 Å². The van der Waals surface area contributed by atoms with Gasteiger partial charge in [-0.15, -0.1) is 0 Å². The van der Waals surface area contributed by atoms with Crippen molar-refractivity contribution in [1.29, 1.82) is 0 Å². The number of ether oxygens (including phenoxy) is 1. The summed E-state index contributed by atoms with van der Waals surface area (Å²) in [5.74, 6) is 0.553. The highest BCUT2D eigenvalue weighted by atomic mass is 16.5. The maximum absolute atomic E-state index is 11.2. The van der Waals surface area contributed by atoms with Crippen molar-refractivity contribution < 1.29 is 9.53 Å². The topological polar surface area (TPSA) is 66.0 Å². The molecule has 144 valence electrons. The van der Waals surface area contributed by atoms with E-state index in [0.29, 0.717) is 25.0 Å². The van der Waals surface area contributed by atoms with Gasteiger partial charge in [0.15, 0.2) is 5.96 Å². The number of hydrogen-bond acceptors (Lipinski definition) is 4. The van der Waals surface area contributed by atoms with Crippen LogP contribution in [0, 0.1) is 0 Å². The summed E-state index contributed by atoms with van der Waals surface area (Å²) in [5.41, 5.74) is 1.36. The maximum Gasteiger partial charge on any atom is 0.307 e. The first-order valence-electron chi connectivity index (χ1n) is 9.52. The van der Waals surface area contributed by atoms with E-state index in [1.807, 2.05) is 6.92 Å². The van der Waals surface area contributed by atoms with E-state index in [-0.39, 0.29) is 5.97 Å². The van der Waals surface area contributed by atoms with E-state index in [1.165, 1.54) is 12.7 Å². The first-order valence-corrected chi connectivity index (χ1v) is 9.52. The molecule has 1 saturated heterocycles. The van der Waals surface area contributed by atoms with Crippen LogP contribution in [-0.4, -0.2) is 55.7 Å². The van der Waals surface area contributed by atoms with Crippen LogP contribution in [0.4, 0.5) is 0 Å². The van der Waals surface area contributed by atoms with Gasteiger partial charge in [0.05, 0.1) is 20.1 Å². The first-order chi connectivity index (χ1) is 12.6. The molecule has 0 amide bonds. The molecule has 1 aliphatic heterocycles. The van der Waals surface area contributed by atoms with Crippen molar-refractivity contribution in [3.8, 4) is 0 Å². The zero-order valence-corrected chi connectivity index (χ0v) is 16.2. The van der Waals surface area contributed by atoms with Gasteiger partial charge in [0.2, 0.25) is 0 Å². The van der Waals surface area contributed by atoms with Crippen LogP contribution in [0.5, 0.6) is 0 Å². The average molecular weight is 361 g/mol. The molecule has 1 fully saturated rings. The standard InChI is InChI=1S/C20H32N4O2/c1-4-21-20(22-12-10-19(25)26-3)23-18-11-13-24(16(2)14-18)15-17-8-6-5-7-9-17/h5-9,16,18H,4,10-15H2,1-3H3,(H2,21,22,23). The molecule has 0 aliphatic carbocycles. The van der Waals surface area contributed by atoms with Crippen LogP contribution in [0.1, 0.15) is 38.7 Å². The van der Waals surface area contributed by atoms with E-state index in [9.17, 15) is 4.79 Å². The van der Waals surface area contributed by atoms with Crippen LogP contribution in [0.3, 0.4) is 0 Å². The van der Waals surface area contributed by atoms with Crippen molar-refractivity contribution >= 4 is 11.9 Å². The van der Waals surface area contributed by atoms with Crippen molar-refractivity contribution in [3.63, 3.8) is 0 Å². The van der Waals surface area contributed by atoms with Gasteiger partial charge in [-0.2, -0.15) is 0 Å². The minimum absolute atomic E-state index is 0.229. The number of carbonyl (C=O) groups excluding carboxylic acids is 1. The second kappa shape index (κ2) is 10.8. The summed E-state index contributed by atoms with van der Waals surface area (Å²) in [4.78, 5) is 18.3. The Kier molecular flexibility index (Phi) is 8.41. The quantitative estimate of drug-likeness (QED) is 0.443. The number of esters is 1. The minimum atomic E-state index is -0.229. The fraction of sp³-hybridized carbons (Fsp3) is 0.600. The molecule has 2 rings (SSSR count). The van der Waals surface area contributed by atoms with Crippen LogP contribution in [0.2, 0.25) is 0 Å². The molecule has 26 heavy (non-hydrogen) atoms. The summed E-state index contributed by atoms with van der Waals surface area (Å²) in [6.07, 6.45) is 2.46. The summed E-state index contributed by atoms with van der Waals surface area (Å²) < 4.78 is 4.66. The molecule has 6 heteroatoms. The van der Waals surface area contributed by atoms with Gasteiger partial charge in [-0.3, -0.25) is 14.7 Å². The SMILES string of the molecule is CCNC(=NCCC(=O)OC)NC1CCN(Cc2ccccc2)C(C)C1. The van der Waals surface area contributed by atoms with E-state index in [1.54, 1.807) is 0 Å². The van der Waals surface area contributed by atoms with E-state index in [0.717, 1.165) is 38.4 Å². The third-order valence-corrected chi connectivity index (χ3v) is 4.74. The molecule has 2 unspecified atom stereocenters. The average Bonchev–Trinajstić information content (AvgIpc) is 2.65. The van der Waals surface area contributed by atoms with Crippen LogP contribution < -0.4 is 10.6 Å². The lowest BCUT2D eigenvalue weighted by Crippen LogP contribution is -2.51. The van der Waals surface area contributed by atoms with E-state index in [4.69, 9.17) is 0 Å². The molecule has 0 radical (unpaired) electrons. The highest BCUT2D eigenvalue weighted by Crippen LogP contribution is 2.19. The van der Waals surface area contributed by atoms with Gasteiger partial charge in [-0.1, -0.05) is 30.3 Å². The number of piperidine rings is 1. The second-order valence-electron chi connectivity index (χ2n) is 6.76. The Balaban J connectivity index is 1.83. The molecule has 2 atom stereocenters. The number of likely N-dealkylation sites (tertiary alicyclic amines) is 1. The number of methoxy groups -OCH3 is 1. The zero-order valence-electron chi connectivity index (χ0n) is 16.2. The fourth-order valence-corrected chi connectivity index (χ4v) is 3.28. The lowest BCUT2D eigenvalue weighted by atomic mass is 9.97. The third-order valence-electron chi connectivity index (χ3n) is 4.74. The molecule has 0 spiro atoms. The largest absolute Gasteiger partial charge is 0.469 e. The molecular formula is C20H32N4O2. The molecule has 1 aliphatic rings. The van der Waals surface area contributed by atoms with Crippen molar-refractivity contribution in [2.24, 2.45) is 4.99 Å². The lowest BCUT2D eigenvalue weighted by Gasteiger charge is -2.38. The molecule has 0 aromatic heterocycles. The van der Waals surface area contributed by atoms with Crippen molar-refractivity contribution in [3.05, 3.63) is 35.9 Å². The van der Waals surface area contributed by atoms with Gasteiger partial charge in [-0.25, -0.2) is 0 Å². The Hall–Kier alpha value is -2.08. The highest BCUT2D eigenvalue weighted by Gasteiger charge is 2.25. The van der Waals surface area contributed by atoms with E-state index < -0.39 is 0 Å². The normalized spacial score (nSPS) is 21.3. The minimum Gasteiger partial charge on any atom is -0.469 e. The van der Waals surface area contributed by atoms with Crippen LogP contribution in [-0.2, 0) is 16.1 Å². The maximum atomic E-state index is 11.2. The summed E-state index contributed by atoms with van der Waals surface area (Å²) >= 11 is 0. The molecule has 0 bridgehead atoms. The molecule has 1 aromatic carbocycles. The molecule has 0 saturated carbocycles. The summed E-state index contributed by atoms with van der Waals surface area (Å²) in [7, 11) is 1.40. The van der Waals surface area contributed by atoms with Crippen molar-refractivity contribution in [2.45, 2.75) is 51.7 Å². The predicted molar refractivity (Wildman–Crippen MR) is 105 cm³/mol. The summed E-state index contributed by atoms with van der Waals surface area (Å²) in [5, 5.41) is 6.78. The van der Waals surface area contributed by atoms with Gasteiger partial charge < -0.3 is 15.4 Å². The highest BCUT2D eigenvalue weighted by molar-refractivity contribution is 5.80. The molecule has 1 aromatic rings. The Morgan fingerprint density at radius 2 is 2.12 bits per heavy atom. The summed E-state index contributed by atoms with van der Waals surface area (Å²) in [6.45, 7) is 7.63. The number of guanidine groups is 1. The van der Waals surface area contributed by atoms with Crippen LogP contribution >= 0.6 is 0 Å². The molecule has 1 heterocycles. The molecular weight excluding hydrogens is 328 g/mol. The second-order valence-corrected chi connectivity index (χ2v) is 6.76. The third kappa shape index (κ3) is 6.67. The lowest BCUT2D eigenvalue weighted by molar-refractivity contribution is -0.140. The Bertz CT molecular complexity index is 576. The number of hydrogen-bond donors (Lipinski definition) is 2. The predicted octanol–water partition coefficient (Wildman–Crippen LogP) is 2.16. The fourth-order valence-electron chi connectivity index (χ4n) is 3.28. The number of benzene rings is 1. The summed E-state index contributed by atoms with van der Waals surface area (Å²) in [6, 6.07) is 11.5. The number of rotatable bonds is 7. The van der Waals surface area contributed by atoms with Crippen molar-refractivity contribution in [1.82, 2.24) is 15.5 Å². The van der Waals surface area contributed by atoms with E-state index >= 15 is 0 Å². The number of nitrogens with one attached hydrogen (secondary N) is 2.